The summed E-state index contributed by atoms with van der Waals surface area (Å²) in [4.78, 5) is 10.9. The summed E-state index contributed by atoms with van der Waals surface area (Å²) < 4.78 is 26.6. The summed E-state index contributed by atoms with van der Waals surface area (Å²) >= 11 is 0.780. The predicted molar refractivity (Wildman–Crippen MR) is 76.0 cm³/mol. The van der Waals surface area contributed by atoms with Crippen molar-refractivity contribution in [3.05, 3.63) is 46.8 Å². The number of aromatic carboxylic acids is 1. The van der Waals surface area contributed by atoms with Gasteiger partial charge in [-0.1, -0.05) is 18.2 Å². The van der Waals surface area contributed by atoms with Crippen LogP contribution >= 0.6 is 11.3 Å². The number of anilines is 1. The van der Waals surface area contributed by atoms with E-state index in [1.807, 2.05) is 12.1 Å². The van der Waals surface area contributed by atoms with Gasteiger partial charge in [-0.3, -0.25) is 4.31 Å². The molecule has 3 rings (SSSR count). The highest BCUT2D eigenvalue weighted by atomic mass is 32.2. The van der Waals surface area contributed by atoms with Gasteiger partial charge in [0.05, 0.1) is 5.69 Å². The van der Waals surface area contributed by atoms with Crippen LogP contribution in [-0.4, -0.2) is 26.0 Å². The molecule has 104 valence electrons. The largest absolute Gasteiger partial charge is 0.477 e. The molecule has 0 fully saturated rings. The third-order valence-corrected chi connectivity index (χ3v) is 6.53. The van der Waals surface area contributed by atoms with Crippen LogP contribution in [0.25, 0.3) is 0 Å². The number of carboxylic acids is 1. The maximum atomic E-state index is 12.6. The Hall–Kier alpha value is -1.86. The predicted octanol–water partition coefficient (Wildman–Crippen LogP) is 2.20. The molecule has 1 aliphatic rings. The summed E-state index contributed by atoms with van der Waals surface area (Å²) in [7, 11) is -3.68. The Bertz CT molecular complexity index is 779. The number of benzene rings is 1. The van der Waals surface area contributed by atoms with Crippen LogP contribution in [-0.2, 0) is 16.4 Å². The standard InChI is InChI=1S/C13H11NO4S2/c15-13(16)11-5-6-12(19-11)20(17,18)14-8-7-9-3-1-2-4-10(9)14/h1-6H,7-8H2,(H,15,16). The molecule has 1 aliphatic heterocycles. The molecule has 0 bridgehead atoms. The van der Waals surface area contributed by atoms with E-state index in [4.69, 9.17) is 5.11 Å². The van der Waals surface area contributed by atoms with E-state index >= 15 is 0 Å². The zero-order valence-corrected chi connectivity index (χ0v) is 11.9. The van der Waals surface area contributed by atoms with Gasteiger partial charge >= 0.3 is 5.97 Å². The van der Waals surface area contributed by atoms with Crippen LogP contribution < -0.4 is 4.31 Å². The summed E-state index contributed by atoms with van der Waals surface area (Å²) in [5.41, 5.74) is 1.67. The smallest absolute Gasteiger partial charge is 0.345 e. The monoisotopic (exact) mass is 309 g/mol. The summed E-state index contributed by atoms with van der Waals surface area (Å²) in [6.07, 6.45) is 0.673. The molecule has 20 heavy (non-hydrogen) atoms. The number of hydrogen-bond acceptors (Lipinski definition) is 4. The average Bonchev–Trinajstić information content (AvgIpc) is 3.06. The molecule has 1 N–H and O–H groups in total. The van der Waals surface area contributed by atoms with E-state index in [1.165, 1.54) is 16.4 Å². The van der Waals surface area contributed by atoms with E-state index in [-0.39, 0.29) is 9.09 Å². The first-order chi connectivity index (χ1) is 9.50. The van der Waals surface area contributed by atoms with Gasteiger partial charge < -0.3 is 5.11 Å². The normalized spacial score (nSPS) is 14.3. The second-order valence-corrected chi connectivity index (χ2v) is 7.55. The lowest BCUT2D eigenvalue weighted by Crippen LogP contribution is -2.28. The van der Waals surface area contributed by atoms with E-state index in [1.54, 1.807) is 12.1 Å². The van der Waals surface area contributed by atoms with Gasteiger partial charge in [0.15, 0.2) is 0 Å². The van der Waals surface area contributed by atoms with Crippen molar-refractivity contribution in [2.75, 3.05) is 10.8 Å². The SMILES string of the molecule is O=C(O)c1ccc(S(=O)(=O)N2CCc3ccccc32)s1. The fourth-order valence-corrected chi connectivity index (χ4v) is 5.00. The van der Waals surface area contributed by atoms with Crippen LogP contribution in [0.3, 0.4) is 0 Å². The quantitative estimate of drug-likeness (QED) is 0.943. The molecule has 0 saturated carbocycles. The van der Waals surface area contributed by atoms with Gasteiger partial charge in [0.2, 0.25) is 0 Å². The summed E-state index contributed by atoms with van der Waals surface area (Å²) in [5, 5.41) is 8.89. The first kappa shape index (κ1) is 13.1. The zero-order valence-electron chi connectivity index (χ0n) is 10.3. The molecule has 0 amide bonds. The second kappa shape index (κ2) is 4.60. The summed E-state index contributed by atoms with van der Waals surface area (Å²) in [6, 6.07) is 10.0. The van der Waals surface area contributed by atoms with Gasteiger partial charge in [-0.2, -0.15) is 0 Å². The van der Waals surface area contributed by atoms with Crippen molar-refractivity contribution in [3.8, 4) is 0 Å². The van der Waals surface area contributed by atoms with Crippen molar-refractivity contribution in [1.29, 1.82) is 0 Å². The molecule has 0 atom stereocenters. The third-order valence-electron chi connectivity index (χ3n) is 3.18. The van der Waals surface area contributed by atoms with Crippen LogP contribution in [0.5, 0.6) is 0 Å². The van der Waals surface area contributed by atoms with Gasteiger partial charge in [0.1, 0.15) is 9.09 Å². The van der Waals surface area contributed by atoms with Gasteiger partial charge in [0.25, 0.3) is 10.0 Å². The number of carbonyl (C=O) groups is 1. The number of para-hydroxylation sites is 1. The number of fused-ring (bicyclic) bond motifs is 1. The van der Waals surface area contributed by atoms with Gasteiger partial charge in [-0.05, 0) is 30.2 Å². The fourth-order valence-electron chi connectivity index (χ4n) is 2.24. The number of rotatable bonds is 3. The van der Waals surface area contributed by atoms with E-state index in [9.17, 15) is 13.2 Å². The molecule has 0 unspecified atom stereocenters. The molecule has 0 aliphatic carbocycles. The Morgan fingerprint density at radius 3 is 2.65 bits per heavy atom. The van der Waals surface area contributed by atoms with Crippen molar-refractivity contribution in [2.45, 2.75) is 10.6 Å². The molecular formula is C13H11NO4S2. The van der Waals surface area contributed by atoms with Crippen LogP contribution in [0.2, 0.25) is 0 Å². The Morgan fingerprint density at radius 1 is 1.20 bits per heavy atom. The van der Waals surface area contributed by atoms with E-state index in [2.05, 4.69) is 0 Å². The Labute approximate surface area is 120 Å². The molecule has 2 aromatic rings. The molecule has 1 aromatic heterocycles. The summed E-state index contributed by atoms with van der Waals surface area (Å²) in [6.45, 7) is 0.391. The lowest BCUT2D eigenvalue weighted by molar-refractivity contribution is 0.0702. The third kappa shape index (κ3) is 1.99. The van der Waals surface area contributed by atoms with E-state index in [0.717, 1.165) is 16.9 Å². The lowest BCUT2D eigenvalue weighted by atomic mass is 10.2. The highest BCUT2D eigenvalue weighted by molar-refractivity contribution is 7.94. The Kier molecular flexibility index (Phi) is 3.02. The summed E-state index contributed by atoms with van der Waals surface area (Å²) in [5.74, 6) is -1.11. The molecular weight excluding hydrogens is 298 g/mol. The number of hydrogen-bond donors (Lipinski definition) is 1. The van der Waals surface area contributed by atoms with Crippen LogP contribution in [0, 0.1) is 0 Å². The minimum absolute atomic E-state index is 0.0241. The number of carboxylic acid groups (broad SMARTS) is 1. The zero-order chi connectivity index (χ0) is 14.3. The first-order valence-corrected chi connectivity index (χ1v) is 8.19. The molecule has 0 saturated heterocycles. The Balaban J connectivity index is 2.03. The molecule has 1 aromatic carbocycles. The maximum absolute atomic E-state index is 12.6. The lowest BCUT2D eigenvalue weighted by Gasteiger charge is -2.18. The highest BCUT2D eigenvalue weighted by Gasteiger charge is 2.32. The molecule has 0 spiro atoms. The molecule has 7 heteroatoms. The van der Waals surface area contributed by atoms with Crippen LogP contribution in [0.15, 0.2) is 40.6 Å². The highest BCUT2D eigenvalue weighted by Crippen LogP contribution is 2.34. The van der Waals surface area contributed by atoms with Gasteiger partial charge in [-0.15, -0.1) is 11.3 Å². The van der Waals surface area contributed by atoms with Gasteiger partial charge in [-0.25, -0.2) is 13.2 Å². The van der Waals surface area contributed by atoms with Crippen molar-refractivity contribution in [3.63, 3.8) is 0 Å². The minimum Gasteiger partial charge on any atom is -0.477 e. The first-order valence-electron chi connectivity index (χ1n) is 5.94. The maximum Gasteiger partial charge on any atom is 0.345 e. The fraction of sp³-hybridized carbons (Fsp3) is 0.154. The van der Waals surface area contributed by atoms with Crippen molar-refractivity contribution < 1.29 is 18.3 Å². The van der Waals surface area contributed by atoms with Crippen molar-refractivity contribution in [2.24, 2.45) is 0 Å². The number of sulfonamides is 1. The van der Waals surface area contributed by atoms with Crippen molar-refractivity contribution >= 4 is 33.0 Å². The topological polar surface area (TPSA) is 74.7 Å². The molecule has 0 radical (unpaired) electrons. The van der Waals surface area contributed by atoms with Gasteiger partial charge in [0, 0.05) is 6.54 Å². The minimum atomic E-state index is -3.68. The molecule has 2 heterocycles. The van der Waals surface area contributed by atoms with Crippen LogP contribution in [0.1, 0.15) is 15.2 Å². The van der Waals surface area contributed by atoms with Crippen LogP contribution in [0.4, 0.5) is 5.69 Å². The van der Waals surface area contributed by atoms with E-state index in [0.29, 0.717) is 18.7 Å². The Morgan fingerprint density at radius 2 is 1.95 bits per heavy atom. The number of thiophene rings is 1. The molecule has 5 nitrogen and oxygen atoms in total. The number of nitrogens with zero attached hydrogens (tertiary/aromatic N) is 1. The second-order valence-electron chi connectivity index (χ2n) is 4.38. The van der Waals surface area contributed by atoms with Crippen molar-refractivity contribution in [1.82, 2.24) is 0 Å². The average molecular weight is 309 g/mol. The van der Waals surface area contributed by atoms with E-state index < -0.39 is 16.0 Å².